The normalized spacial score (nSPS) is 12.4. The summed E-state index contributed by atoms with van der Waals surface area (Å²) in [4.78, 5) is 3.42. The average molecular weight is 405 g/mol. The summed E-state index contributed by atoms with van der Waals surface area (Å²) in [5, 5.41) is 15.8. The number of fused-ring (bicyclic) bond motifs is 3. The molecule has 156 valence electrons. The van der Waals surface area contributed by atoms with Crippen molar-refractivity contribution in [2.75, 3.05) is 26.3 Å². The van der Waals surface area contributed by atoms with Crippen LogP contribution in [0.25, 0.3) is 21.8 Å². The minimum absolute atomic E-state index is 0.222. The predicted molar refractivity (Wildman–Crippen MR) is 122 cm³/mol. The lowest BCUT2D eigenvalue weighted by Gasteiger charge is -2.15. The Morgan fingerprint density at radius 1 is 0.900 bits per heavy atom. The molecule has 1 unspecified atom stereocenters. The molecule has 3 aromatic carbocycles. The minimum atomic E-state index is -0.606. The maximum absolute atomic E-state index is 10.3. The molecule has 1 heterocycles. The van der Waals surface area contributed by atoms with Gasteiger partial charge in [0.25, 0.3) is 0 Å². The van der Waals surface area contributed by atoms with Crippen molar-refractivity contribution in [1.29, 1.82) is 0 Å². The highest BCUT2D eigenvalue weighted by Gasteiger charge is 2.11. The number of aromatic nitrogens is 1. The Hall–Kier alpha value is -3.02. The Morgan fingerprint density at radius 2 is 1.67 bits per heavy atom. The van der Waals surface area contributed by atoms with Crippen LogP contribution in [-0.4, -0.2) is 42.5 Å². The molecule has 4 rings (SSSR count). The summed E-state index contributed by atoms with van der Waals surface area (Å²) < 4.78 is 11.7. The van der Waals surface area contributed by atoms with Crippen molar-refractivity contribution in [2.45, 2.75) is 20.0 Å². The molecular weight excluding hydrogens is 376 g/mol. The van der Waals surface area contributed by atoms with Crippen LogP contribution in [-0.2, 0) is 0 Å². The summed E-state index contributed by atoms with van der Waals surface area (Å²) in [6.45, 7) is 6.01. The lowest BCUT2D eigenvalue weighted by molar-refractivity contribution is 0.106. The summed E-state index contributed by atoms with van der Waals surface area (Å²) in [5.41, 5.74) is 4.42. The smallest absolute Gasteiger partial charge is 0.143 e. The number of ether oxygens (including phenoxy) is 2. The SMILES string of the molecule is Cc1cccc(OCCNCC(O)COc2cccc3c2[nH]c2ccccc23)c1C. The minimum Gasteiger partial charge on any atom is -0.492 e. The molecule has 5 nitrogen and oxygen atoms in total. The monoisotopic (exact) mass is 404 g/mol. The van der Waals surface area contributed by atoms with Crippen LogP contribution >= 0.6 is 0 Å². The van der Waals surface area contributed by atoms with Crippen LogP contribution in [0.15, 0.2) is 60.7 Å². The van der Waals surface area contributed by atoms with Crippen LogP contribution < -0.4 is 14.8 Å². The Bertz CT molecular complexity index is 1140. The fourth-order valence-electron chi connectivity index (χ4n) is 3.59. The third-order valence-corrected chi connectivity index (χ3v) is 5.41. The van der Waals surface area contributed by atoms with Gasteiger partial charge in [0.1, 0.15) is 30.8 Å². The van der Waals surface area contributed by atoms with Gasteiger partial charge in [0.15, 0.2) is 0 Å². The van der Waals surface area contributed by atoms with Gasteiger partial charge >= 0.3 is 0 Å². The fourth-order valence-corrected chi connectivity index (χ4v) is 3.59. The Kier molecular flexibility index (Phi) is 6.21. The molecule has 0 bridgehead atoms. The Labute approximate surface area is 176 Å². The Balaban J connectivity index is 1.25. The van der Waals surface area contributed by atoms with E-state index in [-0.39, 0.29) is 6.61 Å². The summed E-state index contributed by atoms with van der Waals surface area (Å²) in [7, 11) is 0. The number of aliphatic hydroxyl groups excluding tert-OH is 1. The van der Waals surface area contributed by atoms with E-state index >= 15 is 0 Å². The molecular formula is C25H28N2O3. The quantitative estimate of drug-likeness (QED) is 0.363. The largest absolute Gasteiger partial charge is 0.492 e. The first-order valence-electron chi connectivity index (χ1n) is 10.3. The van der Waals surface area contributed by atoms with Crippen molar-refractivity contribution in [2.24, 2.45) is 0 Å². The second-order valence-corrected chi connectivity index (χ2v) is 7.56. The van der Waals surface area contributed by atoms with Gasteiger partial charge in [0, 0.05) is 29.4 Å². The van der Waals surface area contributed by atoms with E-state index in [4.69, 9.17) is 9.47 Å². The van der Waals surface area contributed by atoms with Crippen molar-refractivity contribution in [3.05, 3.63) is 71.8 Å². The predicted octanol–water partition coefficient (Wildman–Crippen LogP) is 4.35. The van der Waals surface area contributed by atoms with Crippen molar-refractivity contribution < 1.29 is 14.6 Å². The molecule has 0 fully saturated rings. The van der Waals surface area contributed by atoms with Crippen LogP contribution in [0, 0.1) is 13.8 Å². The van der Waals surface area contributed by atoms with Crippen molar-refractivity contribution in [1.82, 2.24) is 10.3 Å². The van der Waals surface area contributed by atoms with Gasteiger partial charge in [-0.05, 0) is 43.2 Å². The van der Waals surface area contributed by atoms with Crippen LogP contribution in [0.1, 0.15) is 11.1 Å². The van der Waals surface area contributed by atoms with Gasteiger partial charge in [0.2, 0.25) is 0 Å². The van der Waals surface area contributed by atoms with E-state index in [0.717, 1.165) is 33.5 Å². The molecule has 0 spiro atoms. The van der Waals surface area contributed by atoms with Gasteiger partial charge in [0.05, 0.1) is 5.52 Å². The first-order chi connectivity index (χ1) is 14.6. The summed E-state index contributed by atoms with van der Waals surface area (Å²) in [6, 6.07) is 20.2. The highest BCUT2D eigenvalue weighted by molar-refractivity contribution is 6.09. The maximum atomic E-state index is 10.3. The van der Waals surface area contributed by atoms with E-state index in [2.05, 4.69) is 48.4 Å². The molecule has 5 heteroatoms. The molecule has 1 atom stereocenters. The number of hydrogen-bond acceptors (Lipinski definition) is 4. The van der Waals surface area contributed by atoms with E-state index in [0.29, 0.717) is 19.7 Å². The van der Waals surface area contributed by atoms with E-state index in [1.165, 1.54) is 10.9 Å². The third kappa shape index (κ3) is 4.42. The van der Waals surface area contributed by atoms with Crippen molar-refractivity contribution in [3.63, 3.8) is 0 Å². The zero-order valence-electron chi connectivity index (χ0n) is 17.4. The van der Waals surface area contributed by atoms with Gasteiger partial charge in [-0.15, -0.1) is 0 Å². The first-order valence-corrected chi connectivity index (χ1v) is 10.3. The van der Waals surface area contributed by atoms with Crippen LogP contribution in [0.5, 0.6) is 11.5 Å². The number of para-hydroxylation sites is 2. The molecule has 0 aliphatic rings. The Morgan fingerprint density at radius 3 is 2.57 bits per heavy atom. The third-order valence-electron chi connectivity index (χ3n) is 5.41. The van der Waals surface area contributed by atoms with Crippen LogP contribution in [0.3, 0.4) is 0 Å². The van der Waals surface area contributed by atoms with Gasteiger partial charge in [-0.1, -0.05) is 42.5 Å². The van der Waals surface area contributed by atoms with Crippen LogP contribution in [0.2, 0.25) is 0 Å². The maximum Gasteiger partial charge on any atom is 0.143 e. The number of aliphatic hydroxyl groups is 1. The van der Waals surface area contributed by atoms with Gasteiger partial charge < -0.3 is 24.9 Å². The van der Waals surface area contributed by atoms with E-state index in [1.807, 2.05) is 36.4 Å². The molecule has 0 aliphatic carbocycles. The second-order valence-electron chi connectivity index (χ2n) is 7.56. The zero-order valence-corrected chi connectivity index (χ0v) is 17.4. The lowest BCUT2D eigenvalue weighted by atomic mass is 10.1. The first kappa shape index (κ1) is 20.3. The topological polar surface area (TPSA) is 66.5 Å². The highest BCUT2D eigenvalue weighted by atomic mass is 16.5. The molecule has 0 aliphatic heterocycles. The molecule has 0 saturated heterocycles. The number of benzene rings is 3. The van der Waals surface area contributed by atoms with E-state index < -0.39 is 6.10 Å². The second kappa shape index (κ2) is 9.20. The number of H-pyrrole nitrogens is 1. The molecule has 3 N–H and O–H groups in total. The number of rotatable bonds is 9. The summed E-state index contributed by atoms with van der Waals surface area (Å²) in [5.74, 6) is 1.66. The van der Waals surface area contributed by atoms with Gasteiger partial charge in [-0.25, -0.2) is 0 Å². The highest BCUT2D eigenvalue weighted by Crippen LogP contribution is 2.31. The van der Waals surface area contributed by atoms with E-state index in [9.17, 15) is 5.11 Å². The molecule has 0 saturated carbocycles. The molecule has 1 aromatic heterocycles. The zero-order chi connectivity index (χ0) is 20.9. The van der Waals surface area contributed by atoms with E-state index in [1.54, 1.807) is 0 Å². The van der Waals surface area contributed by atoms with Gasteiger partial charge in [-0.3, -0.25) is 0 Å². The van der Waals surface area contributed by atoms with Crippen molar-refractivity contribution >= 4 is 21.8 Å². The van der Waals surface area contributed by atoms with Gasteiger partial charge in [-0.2, -0.15) is 0 Å². The number of aromatic amines is 1. The fraction of sp³-hybridized carbons (Fsp3) is 0.280. The summed E-state index contributed by atoms with van der Waals surface area (Å²) in [6.07, 6.45) is -0.606. The molecule has 30 heavy (non-hydrogen) atoms. The average Bonchev–Trinajstić information content (AvgIpc) is 3.14. The standard InChI is InChI=1S/C25H28N2O3/c1-17-7-5-11-23(18(17)2)29-14-13-26-15-19(28)16-30-24-12-6-9-21-20-8-3-4-10-22(20)27-25(21)24/h3-12,19,26-28H,13-16H2,1-2H3. The lowest BCUT2D eigenvalue weighted by Crippen LogP contribution is -2.33. The number of aryl methyl sites for hydroxylation is 1. The molecule has 0 radical (unpaired) electrons. The summed E-state index contributed by atoms with van der Waals surface area (Å²) >= 11 is 0. The number of nitrogens with one attached hydrogen (secondary N) is 2. The van der Waals surface area contributed by atoms with Crippen LogP contribution in [0.4, 0.5) is 0 Å². The number of hydrogen-bond donors (Lipinski definition) is 3. The molecule has 0 amide bonds. The molecule has 4 aromatic rings. The van der Waals surface area contributed by atoms with Crippen molar-refractivity contribution in [3.8, 4) is 11.5 Å².